The largest absolute Gasteiger partial charge is 0.495 e. The Bertz CT molecular complexity index is 616. The number of nitrogens with one attached hydrogen (secondary N) is 2. The third-order valence-corrected chi connectivity index (χ3v) is 3.08. The Morgan fingerprint density at radius 2 is 2.38 bits per heavy atom. The first-order chi connectivity index (χ1) is 10.1. The molecule has 1 heterocycles. The van der Waals surface area contributed by atoms with Crippen LogP contribution in [0.2, 0.25) is 0 Å². The first-order valence-electron chi connectivity index (χ1n) is 6.49. The molecular formula is C15H16N2O4. The highest BCUT2D eigenvalue weighted by Gasteiger charge is 2.23. The van der Waals surface area contributed by atoms with Gasteiger partial charge in [0.15, 0.2) is 0 Å². The fourth-order valence-electron chi connectivity index (χ4n) is 2.06. The maximum absolute atomic E-state index is 12.1. The number of rotatable bonds is 3. The van der Waals surface area contributed by atoms with E-state index in [9.17, 15) is 9.59 Å². The molecule has 1 atom stereocenters. The van der Waals surface area contributed by atoms with E-state index in [1.54, 1.807) is 18.2 Å². The van der Waals surface area contributed by atoms with Gasteiger partial charge in [0.1, 0.15) is 12.4 Å². The van der Waals surface area contributed by atoms with Crippen LogP contribution in [0.5, 0.6) is 5.75 Å². The van der Waals surface area contributed by atoms with Gasteiger partial charge < -0.3 is 20.5 Å². The van der Waals surface area contributed by atoms with E-state index in [4.69, 9.17) is 9.84 Å². The summed E-state index contributed by atoms with van der Waals surface area (Å²) in [5.74, 6) is 5.46. The maximum atomic E-state index is 12.1. The zero-order valence-electron chi connectivity index (χ0n) is 11.6. The van der Waals surface area contributed by atoms with E-state index < -0.39 is 0 Å². The van der Waals surface area contributed by atoms with Gasteiger partial charge in [-0.25, -0.2) is 0 Å². The zero-order valence-corrected chi connectivity index (χ0v) is 11.6. The lowest BCUT2D eigenvalue weighted by molar-refractivity contribution is -0.119. The molecule has 0 radical (unpaired) electrons. The Balaban J connectivity index is 2.15. The number of hydrogen-bond donors (Lipinski definition) is 3. The van der Waals surface area contributed by atoms with E-state index in [-0.39, 0.29) is 24.5 Å². The summed E-state index contributed by atoms with van der Waals surface area (Å²) in [6, 6.07) is 4.68. The molecule has 1 aromatic carbocycles. The summed E-state index contributed by atoms with van der Waals surface area (Å²) >= 11 is 0. The molecular weight excluding hydrogens is 272 g/mol. The van der Waals surface area contributed by atoms with Gasteiger partial charge in [-0.05, 0) is 18.2 Å². The molecule has 6 heteroatoms. The number of hydrogen-bond acceptors (Lipinski definition) is 4. The Labute approximate surface area is 122 Å². The molecule has 21 heavy (non-hydrogen) atoms. The van der Waals surface area contributed by atoms with Crippen LogP contribution in [0.25, 0.3) is 0 Å². The van der Waals surface area contributed by atoms with Crippen LogP contribution in [-0.4, -0.2) is 43.2 Å². The second kappa shape index (κ2) is 6.77. The van der Waals surface area contributed by atoms with Crippen LogP contribution in [0.4, 0.5) is 0 Å². The monoisotopic (exact) mass is 288 g/mol. The Morgan fingerprint density at radius 1 is 1.57 bits per heavy atom. The minimum absolute atomic E-state index is 0.0652. The summed E-state index contributed by atoms with van der Waals surface area (Å²) in [5, 5.41) is 14.2. The van der Waals surface area contributed by atoms with Crippen LogP contribution in [-0.2, 0) is 4.79 Å². The van der Waals surface area contributed by atoms with Crippen LogP contribution in [0.3, 0.4) is 0 Å². The third kappa shape index (κ3) is 3.74. The number of carbonyl (C=O) groups excluding carboxylic acids is 2. The summed E-state index contributed by atoms with van der Waals surface area (Å²) < 4.78 is 5.15. The van der Waals surface area contributed by atoms with Gasteiger partial charge in [0, 0.05) is 18.5 Å². The molecule has 3 N–H and O–H groups in total. The van der Waals surface area contributed by atoms with Gasteiger partial charge in [0.2, 0.25) is 5.91 Å². The molecule has 0 bridgehead atoms. The second-order valence-corrected chi connectivity index (χ2v) is 4.55. The molecule has 0 aromatic heterocycles. The molecule has 0 saturated carbocycles. The molecule has 1 saturated heterocycles. The summed E-state index contributed by atoms with van der Waals surface area (Å²) in [6.45, 7) is 0.174. The third-order valence-electron chi connectivity index (χ3n) is 3.08. The van der Waals surface area contributed by atoms with E-state index in [2.05, 4.69) is 22.5 Å². The zero-order chi connectivity index (χ0) is 15.2. The normalized spacial score (nSPS) is 16.7. The van der Waals surface area contributed by atoms with Gasteiger partial charge in [0.25, 0.3) is 5.91 Å². The van der Waals surface area contributed by atoms with Crippen molar-refractivity contribution >= 4 is 11.8 Å². The standard InChI is InChI=1S/C15H16N2O4/c1-21-13-5-4-11(7-10(13)3-2-6-18)15(20)17-12-8-14(19)16-9-12/h4-5,7,12,18H,6,8-9H2,1H3,(H,16,19)(H,17,20). The van der Waals surface area contributed by atoms with Crippen LogP contribution in [0, 0.1) is 11.8 Å². The summed E-state index contributed by atoms with van der Waals surface area (Å²) in [7, 11) is 1.51. The fourth-order valence-corrected chi connectivity index (χ4v) is 2.06. The van der Waals surface area contributed by atoms with Crippen molar-refractivity contribution in [1.82, 2.24) is 10.6 Å². The van der Waals surface area contributed by atoms with Gasteiger partial charge in [-0.3, -0.25) is 9.59 Å². The van der Waals surface area contributed by atoms with Crippen molar-refractivity contribution in [2.75, 3.05) is 20.3 Å². The molecule has 1 fully saturated rings. The molecule has 0 aliphatic carbocycles. The average Bonchev–Trinajstić information content (AvgIpc) is 2.89. The highest BCUT2D eigenvalue weighted by Crippen LogP contribution is 2.19. The van der Waals surface area contributed by atoms with E-state index in [0.717, 1.165) is 0 Å². The van der Waals surface area contributed by atoms with Crippen molar-refractivity contribution in [2.45, 2.75) is 12.5 Å². The predicted molar refractivity (Wildman–Crippen MR) is 75.8 cm³/mol. The molecule has 0 spiro atoms. The van der Waals surface area contributed by atoms with Gasteiger partial charge in [0.05, 0.1) is 18.7 Å². The fraction of sp³-hybridized carbons (Fsp3) is 0.333. The first kappa shape index (κ1) is 14.9. The average molecular weight is 288 g/mol. The molecule has 1 aromatic rings. The minimum Gasteiger partial charge on any atom is -0.495 e. The highest BCUT2D eigenvalue weighted by atomic mass is 16.5. The summed E-state index contributed by atoms with van der Waals surface area (Å²) in [6.07, 6.45) is 0.291. The lowest BCUT2D eigenvalue weighted by atomic mass is 10.1. The summed E-state index contributed by atoms with van der Waals surface area (Å²) in [5.41, 5.74) is 0.956. The van der Waals surface area contributed by atoms with Crippen molar-refractivity contribution < 1.29 is 19.4 Å². The van der Waals surface area contributed by atoms with Crippen LogP contribution >= 0.6 is 0 Å². The van der Waals surface area contributed by atoms with Crippen LogP contribution in [0.15, 0.2) is 18.2 Å². The molecule has 6 nitrogen and oxygen atoms in total. The van der Waals surface area contributed by atoms with Gasteiger partial charge in [-0.2, -0.15) is 0 Å². The van der Waals surface area contributed by atoms with Crippen molar-refractivity contribution in [3.8, 4) is 17.6 Å². The smallest absolute Gasteiger partial charge is 0.251 e. The van der Waals surface area contributed by atoms with Crippen LogP contribution in [0.1, 0.15) is 22.3 Å². The van der Waals surface area contributed by atoms with Crippen molar-refractivity contribution in [3.63, 3.8) is 0 Å². The van der Waals surface area contributed by atoms with E-state index in [0.29, 0.717) is 29.8 Å². The maximum Gasteiger partial charge on any atom is 0.251 e. The minimum atomic E-state index is -0.272. The van der Waals surface area contributed by atoms with E-state index in [1.807, 2.05) is 0 Å². The lowest BCUT2D eigenvalue weighted by Gasteiger charge is -2.11. The first-order valence-corrected chi connectivity index (χ1v) is 6.49. The summed E-state index contributed by atoms with van der Waals surface area (Å²) in [4.78, 5) is 23.3. The topological polar surface area (TPSA) is 87.7 Å². The van der Waals surface area contributed by atoms with Gasteiger partial charge in [-0.1, -0.05) is 11.8 Å². The number of amides is 2. The SMILES string of the molecule is COc1ccc(C(=O)NC2CNC(=O)C2)cc1C#CCO. The lowest BCUT2D eigenvalue weighted by Crippen LogP contribution is -2.36. The Kier molecular flexibility index (Phi) is 4.80. The second-order valence-electron chi connectivity index (χ2n) is 4.55. The number of benzene rings is 1. The highest BCUT2D eigenvalue weighted by molar-refractivity contribution is 5.95. The number of methoxy groups -OCH3 is 1. The van der Waals surface area contributed by atoms with Crippen LogP contribution < -0.4 is 15.4 Å². The predicted octanol–water partition coefficient (Wildman–Crippen LogP) is -0.343. The van der Waals surface area contributed by atoms with Crippen molar-refractivity contribution in [2.24, 2.45) is 0 Å². The number of carbonyl (C=O) groups is 2. The van der Waals surface area contributed by atoms with E-state index >= 15 is 0 Å². The Hall–Kier alpha value is -2.52. The van der Waals surface area contributed by atoms with Crippen molar-refractivity contribution in [1.29, 1.82) is 0 Å². The molecule has 2 rings (SSSR count). The quantitative estimate of drug-likeness (QED) is 0.664. The number of ether oxygens (including phenoxy) is 1. The Morgan fingerprint density at radius 3 is 3.00 bits per heavy atom. The van der Waals surface area contributed by atoms with Gasteiger partial charge >= 0.3 is 0 Å². The molecule has 1 aliphatic heterocycles. The van der Waals surface area contributed by atoms with E-state index in [1.165, 1.54) is 7.11 Å². The van der Waals surface area contributed by atoms with Gasteiger partial charge in [-0.15, -0.1) is 0 Å². The molecule has 1 unspecified atom stereocenters. The molecule has 1 aliphatic rings. The molecule has 110 valence electrons. The number of aliphatic hydroxyl groups is 1. The van der Waals surface area contributed by atoms with Crippen molar-refractivity contribution in [3.05, 3.63) is 29.3 Å². The molecule has 2 amide bonds. The number of aliphatic hydroxyl groups excluding tert-OH is 1.